The third-order valence-electron chi connectivity index (χ3n) is 6.83. The number of carbonyl (C=O) groups is 2. The van der Waals surface area contributed by atoms with Crippen molar-refractivity contribution < 1.29 is 27.5 Å². The van der Waals surface area contributed by atoms with E-state index in [0.29, 0.717) is 16.1 Å². The van der Waals surface area contributed by atoms with Gasteiger partial charge in [0, 0.05) is 31.9 Å². The highest BCUT2D eigenvalue weighted by Crippen LogP contribution is 2.38. The van der Waals surface area contributed by atoms with Crippen LogP contribution >= 0.6 is 0 Å². The van der Waals surface area contributed by atoms with Crippen molar-refractivity contribution in [1.82, 2.24) is 15.1 Å². The SMILES string of the molecule is Cc1c(-c2ccc(NC(=O)[C@@H](NC(=O)c3ccnn3C)C3CCCCC3)cc2)c(C(F)(F)F)cc[n+]1[O-]. The summed E-state index contributed by atoms with van der Waals surface area (Å²) in [4.78, 5) is 26.1. The van der Waals surface area contributed by atoms with Gasteiger partial charge in [0.2, 0.25) is 5.91 Å². The number of rotatable bonds is 6. The molecule has 1 fully saturated rings. The molecule has 2 aromatic heterocycles. The number of amides is 2. The molecular formula is C26H28F3N5O3. The standard InChI is InChI=1S/C26H28F3N5O3/c1-16-22(20(26(27,28)29)13-15-34(16)37)17-8-10-19(11-9-17)31-25(36)23(18-6-4-3-5-7-18)32-24(35)21-12-14-30-33(21)2/h8-15,18,23H,3-7H2,1-2H3,(H,31,36)(H,32,35)/t23-/m0/s1. The van der Waals surface area contributed by atoms with Crippen LogP contribution in [0.4, 0.5) is 18.9 Å². The Bertz CT molecular complexity index is 1280. The lowest BCUT2D eigenvalue weighted by molar-refractivity contribution is -0.611. The summed E-state index contributed by atoms with van der Waals surface area (Å²) in [6.45, 7) is 1.33. The summed E-state index contributed by atoms with van der Waals surface area (Å²) in [5.41, 5.74) is -0.326. The van der Waals surface area contributed by atoms with Crippen LogP contribution in [0.15, 0.2) is 48.8 Å². The van der Waals surface area contributed by atoms with Gasteiger partial charge in [0.25, 0.3) is 5.91 Å². The predicted octanol–water partition coefficient (Wildman–Crippen LogP) is 4.37. The first-order valence-corrected chi connectivity index (χ1v) is 12.1. The molecule has 0 aliphatic heterocycles. The van der Waals surface area contributed by atoms with Crippen molar-refractivity contribution in [3.63, 3.8) is 0 Å². The second-order valence-corrected chi connectivity index (χ2v) is 9.27. The molecule has 4 rings (SSSR count). The fraction of sp³-hybridized carbons (Fsp3) is 0.385. The molecule has 1 atom stereocenters. The second-order valence-electron chi connectivity index (χ2n) is 9.27. The molecule has 2 heterocycles. The number of hydrogen-bond donors (Lipinski definition) is 2. The summed E-state index contributed by atoms with van der Waals surface area (Å²) in [6.07, 6.45) is 2.28. The van der Waals surface area contributed by atoms with Crippen molar-refractivity contribution in [2.45, 2.75) is 51.2 Å². The van der Waals surface area contributed by atoms with E-state index in [4.69, 9.17) is 0 Å². The fourth-order valence-corrected chi connectivity index (χ4v) is 4.86. The van der Waals surface area contributed by atoms with Crippen LogP contribution in [0, 0.1) is 18.0 Å². The topological polar surface area (TPSA) is 103 Å². The third-order valence-corrected chi connectivity index (χ3v) is 6.83. The van der Waals surface area contributed by atoms with E-state index in [-0.39, 0.29) is 22.7 Å². The zero-order chi connectivity index (χ0) is 26.7. The number of halogens is 3. The molecule has 2 N–H and O–H groups in total. The molecule has 0 radical (unpaired) electrons. The Hall–Kier alpha value is -3.89. The van der Waals surface area contributed by atoms with E-state index >= 15 is 0 Å². The van der Waals surface area contributed by atoms with Crippen LogP contribution in [0.25, 0.3) is 11.1 Å². The number of benzene rings is 1. The van der Waals surface area contributed by atoms with Crippen LogP contribution in [-0.4, -0.2) is 27.6 Å². The van der Waals surface area contributed by atoms with Gasteiger partial charge in [0.1, 0.15) is 11.7 Å². The van der Waals surface area contributed by atoms with Gasteiger partial charge in [-0.1, -0.05) is 31.4 Å². The third kappa shape index (κ3) is 5.76. The van der Waals surface area contributed by atoms with E-state index in [2.05, 4.69) is 15.7 Å². The summed E-state index contributed by atoms with van der Waals surface area (Å²) < 4.78 is 42.6. The highest BCUT2D eigenvalue weighted by Gasteiger charge is 2.37. The number of anilines is 1. The number of nitrogens with one attached hydrogen (secondary N) is 2. The molecule has 196 valence electrons. The molecular weight excluding hydrogens is 487 g/mol. The Morgan fingerprint density at radius 3 is 2.38 bits per heavy atom. The Morgan fingerprint density at radius 2 is 1.78 bits per heavy atom. The number of aryl methyl sites for hydroxylation is 1. The Balaban J connectivity index is 1.56. The normalized spacial score (nSPS) is 15.3. The maximum Gasteiger partial charge on any atom is 0.417 e. The average Bonchev–Trinajstić information content (AvgIpc) is 3.30. The highest BCUT2D eigenvalue weighted by atomic mass is 19.4. The maximum absolute atomic E-state index is 13.6. The highest BCUT2D eigenvalue weighted by molar-refractivity contribution is 6.00. The lowest BCUT2D eigenvalue weighted by Gasteiger charge is -2.30. The van der Waals surface area contributed by atoms with E-state index in [0.717, 1.165) is 44.4 Å². The molecule has 1 saturated carbocycles. The number of carbonyl (C=O) groups excluding carboxylic acids is 2. The fourth-order valence-electron chi connectivity index (χ4n) is 4.86. The van der Waals surface area contributed by atoms with Crippen molar-refractivity contribution >= 4 is 17.5 Å². The quantitative estimate of drug-likeness (QED) is 0.376. The van der Waals surface area contributed by atoms with Crippen LogP contribution in [0.1, 0.15) is 53.8 Å². The predicted molar refractivity (Wildman–Crippen MR) is 130 cm³/mol. The minimum Gasteiger partial charge on any atom is -0.618 e. The van der Waals surface area contributed by atoms with Crippen LogP contribution in [0.5, 0.6) is 0 Å². The summed E-state index contributed by atoms with van der Waals surface area (Å²) >= 11 is 0. The van der Waals surface area contributed by atoms with Gasteiger partial charge in [-0.15, -0.1) is 0 Å². The van der Waals surface area contributed by atoms with Gasteiger partial charge in [0.05, 0.1) is 11.1 Å². The minimum absolute atomic E-state index is 0.0426. The molecule has 11 heteroatoms. The summed E-state index contributed by atoms with van der Waals surface area (Å²) in [5, 5.41) is 21.6. The largest absolute Gasteiger partial charge is 0.618 e. The number of alkyl halides is 3. The van der Waals surface area contributed by atoms with Gasteiger partial charge in [-0.05, 0) is 42.5 Å². The molecule has 1 aliphatic rings. The molecule has 8 nitrogen and oxygen atoms in total. The van der Waals surface area contributed by atoms with E-state index in [1.807, 2.05) is 0 Å². The van der Waals surface area contributed by atoms with Crippen molar-refractivity contribution in [3.8, 4) is 11.1 Å². The molecule has 1 aliphatic carbocycles. The minimum atomic E-state index is -4.64. The van der Waals surface area contributed by atoms with Gasteiger partial charge in [0.15, 0.2) is 11.9 Å². The Morgan fingerprint density at radius 1 is 1.11 bits per heavy atom. The molecule has 0 bridgehead atoms. The summed E-state index contributed by atoms with van der Waals surface area (Å²) in [5.74, 6) is -0.857. The van der Waals surface area contributed by atoms with Gasteiger partial charge in [-0.25, -0.2) is 0 Å². The molecule has 0 spiro atoms. The summed E-state index contributed by atoms with van der Waals surface area (Å²) in [6, 6.07) is 7.36. The smallest absolute Gasteiger partial charge is 0.417 e. The van der Waals surface area contributed by atoms with Crippen LogP contribution < -0.4 is 15.4 Å². The summed E-state index contributed by atoms with van der Waals surface area (Å²) in [7, 11) is 1.64. The van der Waals surface area contributed by atoms with Crippen molar-refractivity contribution in [1.29, 1.82) is 0 Å². The first kappa shape index (κ1) is 26.2. The Kier molecular flexibility index (Phi) is 7.51. The van der Waals surface area contributed by atoms with Gasteiger partial charge in [-0.2, -0.15) is 23.0 Å². The lowest BCUT2D eigenvalue weighted by atomic mass is 9.83. The average molecular weight is 516 g/mol. The van der Waals surface area contributed by atoms with Crippen molar-refractivity contribution in [2.75, 3.05) is 5.32 Å². The molecule has 3 aromatic rings. The first-order chi connectivity index (χ1) is 17.6. The molecule has 0 saturated heterocycles. The zero-order valence-corrected chi connectivity index (χ0v) is 20.5. The number of nitrogens with zero attached hydrogens (tertiary/aromatic N) is 3. The second kappa shape index (κ2) is 10.6. The van der Waals surface area contributed by atoms with Crippen LogP contribution in [0.2, 0.25) is 0 Å². The van der Waals surface area contributed by atoms with E-state index in [1.165, 1.54) is 42.1 Å². The molecule has 1 aromatic carbocycles. The number of aromatic nitrogens is 3. The lowest BCUT2D eigenvalue weighted by Crippen LogP contribution is -2.49. The molecule has 37 heavy (non-hydrogen) atoms. The van der Waals surface area contributed by atoms with Gasteiger partial charge >= 0.3 is 6.18 Å². The first-order valence-electron chi connectivity index (χ1n) is 12.1. The van der Waals surface area contributed by atoms with Crippen LogP contribution in [0.3, 0.4) is 0 Å². The number of hydrogen-bond acceptors (Lipinski definition) is 4. The van der Waals surface area contributed by atoms with E-state index < -0.39 is 29.6 Å². The van der Waals surface area contributed by atoms with E-state index in [1.54, 1.807) is 13.1 Å². The van der Waals surface area contributed by atoms with Crippen LogP contribution in [-0.2, 0) is 18.0 Å². The van der Waals surface area contributed by atoms with Crippen molar-refractivity contribution in [2.24, 2.45) is 13.0 Å². The number of pyridine rings is 1. The van der Waals surface area contributed by atoms with Gasteiger partial charge < -0.3 is 15.8 Å². The molecule has 2 amide bonds. The Labute approximate surface area is 212 Å². The maximum atomic E-state index is 13.6. The van der Waals surface area contributed by atoms with E-state index in [9.17, 15) is 28.0 Å². The monoisotopic (exact) mass is 515 g/mol. The van der Waals surface area contributed by atoms with Gasteiger partial charge in [-0.3, -0.25) is 14.3 Å². The van der Waals surface area contributed by atoms with Crippen molar-refractivity contribution in [3.05, 3.63) is 71.0 Å². The zero-order valence-electron chi connectivity index (χ0n) is 20.5. The molecule has 0 unspecified atom stereocenters.